The zero-order valence-electron chi connectivity index (χ0n) is 19.2. The minimum absolute atomic E-state index is 0.152. The van der Waals surface area contributed by atoms with Crippen molar-refractivity contribution < 1.29 is 23.6 Å². The fraction of sp³-hybridized carbons (Fsp3) is 0.400. The van der Waals surface area contributed by atoms with Crippen LogP contribution in [-0.2, 0) is 24.0 Å². The summed E-state index contributed by atoms with van der Waals surface area (Å²) in [6, 6.07) is 7.45. The molecule has 0 unspecified atom stereocenters. The maximum Gasteiger partial charge on any atom is 0.278 e. The molecular formula is C25H27N3O5S. The summed E-state index contributed by atoms with van der Waals surface area (Å²) in [6.07, 6.45) is 4.86. The first kappa shape index (κ1) is 22.6. The number of aryl methyl sites for hydroxylation is 1. The molecule has 3 aromatic rings. The summed E-state index contributed by atoms with van der Waals surface area (Å²) in [5.41, 5.74) is 3.71. The largest absolute Gasteiger partial charge is 0.490 e. The van der Waals surface area contributed by atoms with Gasteiger partial charge < -0.3 is 24.6 Å². The SMILES string of the molecule is COCCNC(=O)c1c(NC(=O)c2cc(-c3ccc4c(c3)C[C@H](C)O4)on2)sc2c1CCCC2. The molecule has 0 radical (unpaired) electrons. The van der Waals surface area contributed by atoms with E-state index in [0.29, 0.717) is 29.5 Å². The smallest absolute Gasteiger partial charge is 0.278 e. The Morgan fingerprint density at radius 1 is 1.21 bits per heavy atom. The van der Waals surface area contributed by atoms with Crippen molar-refractivity contribution in [2.24, 2.45) is 0 Å². The second-order valence-electron chi connectivity index (χ2n) is 8.65. The Bertz CT molecular complexity index is 1230. The Morgan fingerprint density at radius 2 is 2.06 bits per heavy atom. The van der Waals surface area contributed by atoms with E-state index in [1.54, 1.807) is 13.2 Å². The molecule has 1 aromatic carbocycles. The molecule has 8 nitrogen and oxygen atoms in total. The molecule has 2 amide bonds. The molecule has 0 spiro atoms. The number of nitrogens with one attached hydrogen (secondary N) is 2. The number of fused-ring (bicyclic) bond motifs is 2. The third-order valence-electron chi connectivity index (χ3n) is 6.14. The number of aromatic nitrogens is 1. The standard InChI is InChI=1S/C25H27N3O5S/c1-14-11-16-12-15(7-8-19(16)32-14)20-13-18(28-33-20)23(29)27-25-22(24(30)26-9-10-31-2)17-5-3-4-6-21(17)34-25/h7-8,12-14H,3-6,9-11H2,1-2H3,(H,26,30)(H,27,29)/t14-/m0/s1. The van der Waals surface area contributed by atoms with Crippen molar-refractivity contribution in [2.45, 2.75) is 45.1 Å². The van der Waals surface area contributed by atoms with Crippen LogP contribution in [-0.4, -0.2) is 43.3 Å². The predicted octanol–water partition coefficient (Wildman–Crippen LogP) is 4.23. The predicted molar refractivity (Wildman–Crippen MR) is 129 cm³/mol. The number of amides is 2. The van der Waals surface area contributed by atoms with Crippen LogP contribution in [0.5, 0.6) is 5.75 Å². The second kappa shape index (κ2) is 9.60. The number of anilines is 1. The maximum absolute atomic E-state index is 13.0. The lowest BCUT2D eigenvalue weighted by molar-refractivity contribution is 0.0937. The van der Waals surface area contributed by atoms with Crippen LogP contribution in [0.3, 0.4) is 0 Å². The summed E-state index contributed by atoms with van der Waals surface area (Å²) in [4.78, 5) is 27.1. The lowest BCUT2D eigenvalue weighted by atomic mass is 9.95. The molecule has 0 fully saturated rings. The summed E-state index contributed by atoms with van der Waals surface area (Å²) in [5.74, 6) is 0.794. The van der Waals surface area contributed by atoms with Crippen LogP contribution >= 0.6 is 11.3 Å². The lowest BCUT2D eigenvalue weighted by Crippen LogP contribution is -2.28. The van der Waals surface area contributed by atoms with Gasteiger partial charge in [0.15, 0.2) is 11.5 Å². The minimum Gasteiger partial charge on any atom is -0.490 e. The van der Waals surface area contributed by atoms with E-state index >= 15 is 0 Å². The Hall–Kier alpha value is -3.17. The topological polar surface area (TPSA) is 103 Å². The van der Waals surface area contributed by atoms with E-state index in [-0.39, 0.29) is 17.7 Å². The Kier molecular flexibility index (Phi) is 6.38. The molecule has 3 heterocycles. The summed E-state index contributed by atoms with van der Waals surface area (Å²) in [5, 5.41) is 10.3. The lowest BCUT2D eigenvalue weighted by Gasteiger charge is -2.13. The number of benzene rings is 1. The highest BCUT2D eigenvalue weighted by atomic mass is 32.1. The number of methoxy groups -OCH3 is 1. The van der Waals surface area contributed by atoms with Crippen LogP contribution in [0.1, 0.15) is 56.6 Å². The maximum atomic E-state index is 13.0. The van der Waals surface area contributed by atoms with E-state index in [1.165, 1.54) is 11.3 Å². The van der Waals surface area contributed by atoms with Crippen molar-refractivity contribution in [1.29, 1.82) is 0 Å². The molecule has 9 heteroatoms. The summed E-state index contributed by atoms with van der Waals surface area (Å²) in [6.45, 7) is 2.87. The van der Waals surface area contributed by atoms with Crippen molar-refractivity contribution >= 4 is 28.2 Å². The molecule has 2 N–H and O–H groups in total. The third-order valence-corrected chi connectivity index (χ3v) is 7.35. The van der Waals surface area contributed by atoms with E-state index in [0.717, 1.165) is 59.4 Å². The summed E-state index contributed by atoms with van der Waals surface area (Å²) in [7, 11) is 1.59. The number of ether oxygens (including phenoxy) is 2. The van der Waals surface area contributed by atoms with Crippen molar-refractivity contribution in [3.63, 3.8) is 0 Å². The number of nitrogens with zero attached hydrogens (tertiary/aromatic N) is 1. The Morgan fingerprint density at radius 3 is 2.91 bits per heavy atom. The molecule has 1 atom stereocenters. The molecular weight excluding hydrogens is 454 g/mol. The zero-order valence-corrected chi connectivity index (χ0v) is 20.0. The van der Waals surface area contributed by atoms with Crippen molar-refractivity contribution in [3.8, 4) is 17.1 Å². The number of carbonyl (C=O) groups is 2. The monoisotopic (exact) mass is 481 g/mol. The van der Waals surface area contributed by atoms with Gasteiger partial charge >= 0.3 is 0 Å². The van der Waals surface area contributed by atoms with Gasteiger partial charge in [0.1, 0.15) is 16.9 Å². The molecule has 0 saturated carbocycles. The first-order valence-corrected chi connectivity index (χ1v) is 12.3. The van der Waals surface area contributed by atoms with Crippen LogP contribution < -0.4 is 15.4 Å². The van der Waals surface area contributed by atoms with Crippen molar-refractivity contribution in [1.82, 2.24) is 10.5 Å². The Labute approximate surface area is 201 Å². The van der Waals surface area contributed by atoms with Gasteiger partial charge in [-0.2, -0.15) is 0 Å². The van der Waals surface area contributed by atoms with E-state index < -0.39 is 5.91 Å². The third kappa shape index (κ3) is 4.45. The Balaban J connectivity index is 1.36. The van der Waals surface area contributed by atoms with E-state index in [2.05, 4.69) is 15.8 Å². The van der Waals surface area contributed by atoms with Crippen LogP contribution in [0.25, 0.3) is 11.3 Å². The number of hydrogen-bond acceptors (Lipinski definition) is 7. The molecule has 1 aliphatic carbocycles. The van der Waals surface area contributed by atoms with Crippen LogP contribution in [0.4, 0.5) is 5.00 Å². The van der Waals surface area contributed by atoms with Gasteiger partial charge in [0.25, 0.3) is 11.8 Å². The molecule has 2 aromatic heterocycles. The molecule has 5 rings (SSSR count). The van der Waals surface area contributed by atoms with Gasteiger partial charge in [0.2, 0.25) is 0 Å². The highest BCUT2D eigenvalue weighted by Crippen LogP contribution is 2.38. The van der Waals surface area contributed by atoms with Crippen molar-refractivity contribution in [3.05, 3.63) is 51.5 Å². The van der Waals surface area contributed by atoms with Gasteiger partial charge in [-0.05, 0) is 61.9 Å². The van der Waals surface area contributed by atoms with Gasteiger partial charge in [-0.25, -0.2) is 0 Å². The van der Waals surface area contributed by atoms with E-state index in [1.807, 2.05) is 25.1 Å². The van der Waals surface area contributed by atoms with Crippen LogP contribution in [0.2, 0.25) is 0 Å². The van der Waals surface area contributed by atoms with E-state index in [4.69, 9.17) is 14.0 Å². The quantitative estimate of drug-likeness (QED) is 0.490. The van der Waals surface area contributed by atoms with Crippen LogP contribution in [0, 0.1) is 0 Å². The van der Waals surface area contributed by atoms with Crippen LogP contribution in [0.15, 0.2) is 28.8 Å². The van der Waals surface area contributed by atoms with Crippen molar-refractivity contribution in [2.75, 3.05) is 25.6 Å². The minimum atomic E-state index is -0.405. The molecule has 34 heavy (non-hydrogen) atoms. The highest BCUT2D eigenvalue weighted by Gasteiger charge is 2.27. The molecule has 178 valence electrons. The number of carbonyl (C=O) groups excluding carboxylic acids is 2. The average Bonchev–Trinajstić information content (AvgIpc) is 3.54. The molecule has 0 bridgehead atoms. The van der Waals surface area contributed by atoms with Gasteiger partial charge in [-0.3, -0.25) is 9.59 Å². The average molecular weight is 482 g/mol. The van der Waals surface area contributed by atoms with Gasteiger partial charge in [0, 0.05) is 36.6 Å². The number of hydrogen-bond donors (Lipinski definition) is 2. The fourth-order valence-electron chi connectivity index (χ4n) is 4.51. The molecule has 0 saturated heterocycles. The highest BCUT2D eigenvalue weighted by molar-refractivity contribution is 7.17. The summed E-state index contributed by atoms with van der Waals surface area (Å²) < 4.78 is 16.3. The number of thiophene rings is 1. The molecule has 1 aliphatic heterocycles. The second-order valence-corrected chi connectivity index (χ2v) is 9.75. The normalized spacial score (nSPS) is 16.5. The first-order valence-electron chi connectivity index (χ1n) is 11.5. The first-order chi connectivity index (χ1) is 16.5. The summed E-state index contributed by atoms with van der Waals surface area (Å²) >= 11 is 1.47. The van der Waals surface area contributed by atoms with Gasteiger partial charge in [-0.15, -0.1) is 11.3 Å². The van der Waals surface area contributed by atoms with Gasteiger partial charge in [-0.1, -0.05) is 5.16 Å². The zero-order chi connectivity index (χ0) is 23.7. The van der Waals surface area contributed by atoms with Gasteiger partial charge in [0.05, 0.1) is 12.2 Å². The van der Waals surface area contributed by atoms with E-state index in [9.17, 15) is 9.59 Å². The number of rotatable bonds is 7. The molecule has 2 aliphatic rings. The fourth-order valence-corrected chi connectivity index (χ4v) is 5.79.